The van der Waals surface area contributed by atoms with Crippen molar-refractivity contribution < 1.29 is 5.11 Å². The van der Waals surface area contributed by atoms with Crippen LogP contribution in [0.2, 0.25) is 4.34 Å². The van der Waals surface area contributed by atoms with Gasteiger partial charge in [-0.15, -0.1) is 35.3 Å². The number of nitrogens with one attached hydrogen (secondary N) is 2. The summed E-state index contributed by atoms with van der Waals surface area (Å²) in [6, 6.07) is 7.56. The molecule has 3 heterocycles. The predicted molar refractivity (Wildman–Crippen MR) is 129 cm³/mol. The molecule has 7 nitrogen and oxygen atoms in total. The molecule has 3 aromatic heterocycles. The lowest BCUT2D eigenvalue weighted by Gasteiger charge is -2.14. The first-order valence-corrected chi connectivity index (χ1v) is 10.2. The molecule has 0 aliphatic carbocycles. The molecular weight excluding hydrogens is 523 g/mol. The van der Waals surface area contributed by atoms with Gasteiger partial charge in [-0.1, -0.05) is 17.7 Å². The Kier molecular flexibility index (Phi) is 9.34. The van der Waals surface area contributed by atoms with Crippen molar-refractivity contribution in [2.75, 3.05) is 13.1 Å². The van der Waals surface area contributed by atoms with E-state index in [0.29, 0.717) is 23.4 Å². The standard InChI is InChI=1S/C19H23ClN6OS.HI/c1-3-21-19(25-12-15(27)16-5-6-17(20)28-16)24-11-14-4-7-18(23-10-14)26-9-8-22-13(26)2;/h4-10,15,27H,3,11-12H2,1-2H3,(H2,21,24,25);1H. The van der Waals surface area contributed by atoms with E-state index >= 15 is 0 Å². The zero-order valence-electron chi connectivity index (χ0n) is 16.2. The largest absolute Gasteiger partial charge is 0.386 e. The average Bonchev–Trinajstić information content (AvgIpc) is 3.32. The third-order valence-corrected chi connectivity index (χ3v) is 5.36. The number of aliphatic hydroxyl groups excluding tert-OH is 1. The second kappa shape index (κ2) is 11.5. The number of pyridine rings is 1. The molecule has 0 saturated carbocycles. The SMILES string of the molecule is CCNC(=NCc1ccc(-n2ccnc2C)nc1)NCC(O)c1ccc(Cl)s1.I. The van der Waals surface area contributed by atoms with Gasteiger partial charge < -0.3 is 15.7 Å². The molecule has 0 bridgehead atoms. The second-order valence-electron chi connectivity index (χ2n) is 6.10. The number of imidazole rings is 1. The Morgan fingerprint density at radius 1 is 1.28 bits per heavy atom. The predicted octanol–water partition coefficient (Wildman–Crippen LogP) is 3.70. The summed E-state index contributed by atoms with van der Waals surface area (Å²) in [4.78, 5) is 14.1. The summed E-state index contributed by atoms with van der Waals surface area (Å²) >= 11 is 7.30. The van der Waals surface area contributed by atoms with Gasteiger partial charge in [0.15, 0.2) is 5.96 Å². The van der Waals surface area contributed by atoms with Crippen molar-refractivity contribution >= 4 is 52.9 Å². The number of guanidine groups is 1. The van der Waals surface area contributed by atoms with E-state index in [1.165, 1.54) is 11.3 Å². The average molecular weight is 547 g/mol. The number of hydrogen-bond donors (Lipinski definition) is 3. The van der Waals surface area contributed by atoms with Gasteiger partial charge >= 0.3 is 0 Å². The summed E-state index contributed by atoms with van der Waals surface area (Å²) in [5.74, 6) is 2.35. The number of nitrogens with zero attached hydrogens (tertiary/aromatic N) is 4. The van der Waals surface area contributed by atoms with Crippen LogP contribution in [-0.2, 0) is 6.54 Å². The number of hydrogen-bond acceptors (Lipinski definition) is 5. The van der Waals surface area contributed by atoms with E-state index in [4.69, 9.17) is 11.6 Å². The van der Waals surface area contributed by atoms with Crippen molar-refractivity contribution in [3.63, 3.8) is 0 Å². The number of halogens is 2. The molecule has 0 aliphatic rings. The van der Waals surface area contributed by atoms with E-state index in [1.807, 2.05) is 49.0 Å². The molecule has 156 valence electrons. The Labute approximate surface area is 196 Å². The summed E-state index contributed by atoms with van der Waals surface area (Å²) in [5, 5.41) is 16.6. The van der Waals surface area contributed by atoms with Crippen molar-refractivity contribution in [2.24, 2.45) is 4.99 Å². The van der Waals surface area contributed by atoms with Crippen LogP contribution in [0.15, 0.2) is 47.8 Å². The minimum atomic E-state index is -0.638. The van der Waals surface area contributed by atoms with Gasteiger partial charge in [0, 0.05) is 36.6 Å². The van der Waals surface area contributed by atoms with Crippen LogP contribution >= 0.6 is 46.9 Å². The fraction of sp³-hybridized carbons (Fsp3) is 0.316. The van der Waals surface area contributed by atoms with Crippen molar-refractivity contribution in [1.82, 2.24) is 25.2 Å². The first-order valence-electron chi connectivity index (χ1n) is 8.97. The molecule has 3 N–H and O–H groups in total. The highest BCUT2D eigenvalue weighted by Crippen LogP contribution is 2.26. The molecule has 0 spiro atoms. The molecule has 0 fully saturated rings. The van der Waals surface area contributed by atoms with Crippen LogP contribution in [0.25, 0.3) is 5.82 Å². The molecule has 29 heavy (non-hydrogen) atoms. The highest BCUT2D eigenvalue weighted by molar-refractivity contribution is 14.0. The van der Waals surface area contributed by atoms with Crippen LogP contribution < -0.4 is 10.6 Å². The van der Waals surface area contributed by atoms with Crippen molar-refractivity contribution in [1.29, 1.82) is 0 Å². The molecule has 3 rings (SSSR count). The third-order valence-electron chi connectivity index (χ3n) is 4.03. The zero-order chi connectivity index (χ0) is 19.9. The lowest BCUT2D eigenvalue weighted by molar-refractivity contribution is 0.184. The minimum Gasteiger partial charge on any atom is -0.386 e. The Morgan fingerprint density at radius 3 is 2.69 bits per heavy atom. The molecular formula is C19H24ClIN6OS. The van der Waals surface area contributed by atoms with Crippen LogP contribution in [0.5, 0.6) is 0 Å². The molecule has 0 saturated heterocycles. The number of thiophene rings is 1. The maximum atomic E-state index is 10.3. The Morgan fingerprint density at radius 2 is 2.10 bits per heavy atom. The Hall–Kier alpha value is -1.69. The molecule has 0 amide bonds. The van der Waals surface area contributed by atoms with Crippen LogP contribution in [0.1, 0.15) is 29.3 Å². The van der Waals surface area contributed by atoms with E-state index in [9.17, 15) is 5.11 Å². The van der Waals surface area contributed by atoms with E-state index in [1.54, 1.807) is 12.3 Å². The molecule has 1 atom stereocenters. The smallest absolute Gasteiger partial charge is 0.191 e. The summed E-state index contributed by atoms with van der Waals surface area (Å²) in [5.41, 5.74) is 0.990. The molecule has 10 heteroatoms. The number of aliphatic imine (C=N–C) groups is 1. The van der Waals surface area contributed by atoms with Crippen molar-refractivity contribution in [3.8, 4) is 5.82 Å². The van der Waals surface area contributed by atoms with Gasteiger partial charge in [-0.3, -0.25) is 4.57 Å². The highest BCUT2D eigenvalue weighted by Gasteiger charge is 2.11. The highest BCUT2D eigenvalue weighted by atomic mass is 127. The topological polar surface area (TPSA) is 87.4 Å². The van der Waals surface area contributed by atoms with Crippen LogP contribution in [-0.4, -0.2) is 38.7 Å². The van der Waals surface area contributed by atoms with Gasteiger partial charge in [-0.05, 0) is 37.6 Å². The van der Waals surface area contributed by atoms with Gasteiger partial charge in [-0.2, -0.15) is 0 Å². The van der Waals surface area contributed by atoms with E-state index < -0.39 is 6.10 Å². The Balaban J connectivity index is 0.00000300. The second-order valence-corrected chi connectivity index (χ2v) is 7.85. The molecule has 0 radical (unpaired) electrons. The Bertz CT molecular complexity index is 927. The quantitative estimate of drug-likeness (QED) is 0.239. The van der Waals surface area contributed by atoms with Crippen LogP contribution in [0.3, 0.4) is 0 Å². The van der Waals surface area contributed by atoms with Gasteiger partial charge in [0.25, 0.3) is 0 Å². The van der Waals surface area contributed by atoms with Crippen LogP contribution in [0, 0.1) is 6.92 Å². The van der Waals surface area contributed by atoms with Gasteiger partial charge in [0.1, 0.15) is 17.7 Å². The molecule has 3 aromatic rings. The van der Waals surface area contributed by atoms with E-state index in [-0.39, 0.29) is 24.0 Å². The zero-order valence-corrected chi connectivity index (χ0v) is 20.1. The minimum absolute atomic E-state index is 0. The van der Waals surface area contributed by atoms with Crippen molar-refractivity contribution in [3.05, 3.63) is 63.5 Å². The summed E-state index contributed by atoms with van der Waals surface area (Å²) < 4.78 is 2.59. The normalized spacial score (nSPS) is 12.3. The van der Waals surface area contributed by atoms with E-state index in [2.05, 4.69) is 25.6 Å². The number of aliphatic hydroxyl groups is 1. The lowest BCUT2D eigenvalue weighted by atomic mass is 10.3. The molecule has 1 unspecified atom stereocenters. The summed E-state index contributed by atoms with van der Waals surface area (Å²) in [7, 11) is 0. The monoisotopic (exact) mass is 546 g/mol. The van der Waals surface area contributed by atoms with E-state index in [0.717, 1.165) is 28.6 Å². The lowest BCUT2D eigenvalue weighted by Crippen LogP contribution is -2.39. The molecule has 0 aromatic carbocycles. The maximum absolute atomic E-state index is 10.3. The number of aromatic nitrogens is 3. The fourth-order valence-electron chi connectivity index (χ4n) is 2.59. The third kappa shape index (κ3) is 6.66. The first-order chi connectivity index (χ1) is 13.6. The number of rotatable bonds is 7. The summed E-state index contributed by atoms with van der Waals surface area (Å²) in [6.07, 6.45) is 4.81. The fourth-order valence-corrected chi connectivity index (χ4v) is 3.63. The van der Waals surface area contributed by atoms with Gasteiger partial charge in [-0.25, -0.2) is 15.0 Å². The summed E-state index contributed by atoms with van der Waals surface area (Å²) in [6.45, 7) is 5.49. The van der Waals surface area contributed by atoms with Crippen molar-refractivity contribution in [2.45, 2.75) is 26.5 Å². The van der Waals surface area contributed by atoms with Gasteiger partial charge in [0.05, 0.1) is 10.9 Å². The van der Waals surface area contributed by atoms with Gasteiger partial charge in [0.2, 0.25) is 0 Å². The first kappa shape index (κ1) is 23.6. The number of aryl methyl sites for hydroxylation is 1. The molecule has 0 aliphatic heterocycles. The maximum Gasteiger partial charge on any atom is 0.191 e. The van der Waals surface area contributed by atoms with Crippen LogP contribution in [0.4, 0.5) is 0 Å².